The largest absolute Gasteiger partial charge is 0.478 e. The van der Waals surface area contributed by atoms with E-state index in [1.807, 2.05) is 0 Å². The smallest absolute Gasteiger partial charge is 0.335 e. The molecule has 6 nitrogen and oxygen atoms in total. The van der Waals surface area contributed by atoms with Gasteiger partial charge in [-0.1, -0.05) is 0 Å². The average Bonchev–Trinajstić information content (AvgIpc) is 2.39. The van der Waals surface area contributed by atoms with Gasteiger partial charge in [-0.15, -0.1) is 0 Å². The molecule has 0 unspecified atom stereocenters. The topological polar surface area (TPSA) is 83.9 Å². The van der Waals surface area contributed by atoms with E-state index in [0.717, 1.165) is 22.5 Å². The fraction of sp³-hybridized carbons (Fsp3) is 0.417. The molecule has 8 heteroatoms. The number of hydrogen-bond acceptors (Lipinski definition) is 4. The average molecular weight is 303 g/mol. The van der Waals surface area contributed by atoms with E-state index in [-0.39, 0.29) is 25.3 Å². The minimum absolute atomic E-state index is 0.111. The van der Waals surface area contributed by atoms with Crippen LogP contribution < -0.4 is 0 Å². The molecule has 1 aliphatic heterocycles. The maximum absolute atomic E-state index is 13.8. The number of halogens is 1. The minimum atomic E-state index is -4.08. The Morgan fingerprint density at radius 3 is 2.80 bits per heavy atom. The lowest BCUT2D eigenvalue weighted by Gasteiger charge is -2.32. The minimum Gasteiger partial charge on any atom is -0.478 e. The monoisotopic (exact) mass is 303 g/mol. The summed E-state index contributed by atoms with van der Waals surface area (Å²) in [7, 11) is -4.08. The summed E-state index contributed by atoms with van der Waals surface area (Å²) in [5.41, 5.74) is -0.272. The van der Waals surface area contributed by atoms with Crippen LogP contribution in [0.5, 0.6) is 0 Å². The van der Waals surface area contributed by atoms with Gasteiger partial charge in [0.1, 0.15) is 10.7 Å². The molecular weight excluding hydrogens is 289 g/mol. The SMILES string of the molecule is C[C@@H]1COCCN1S(=O)(=O)c1cc(C(=O)O)ccc1F. The van der Waals surface area contributed by atoms with Gasteiger partial charge in [-0.3, -0.25) is 0 Å². The van der Waals surface area contributed by atoms with E-state index in [4.69, 9.17) is 9.84 Å². The van der Waals surface area contributed by atoms with Gasteiger partial charge in [-0.05, 0) is 25.1 Å². The molecule has 0 amide bonds. The highest BCUT2D eigenvalue weighted by Crippen LogP contribution is 2.24. The summed E-state index contributed by atoms with van der Waals surface area (Å²) >= 11 is 0. The van der Waals surface area contributed by atoms with Crippen LogP contribution in [0, 0.1) is 5.82 Å². The number of aromatic carboxylic acids is 1. The van der Waals surface area contributed by atoms with Crippen molar-refractivity contribution in [1.29, 1.82) is 0 Å². The van der Waals surface area contributed by atoms with E-state index < -0.39 is 32.7 Å². The van der Waals surface area contributed by atoms with Crippen LogP contribution in [-0.2, 0) is 14.8 Å². The van der Waals surface area contributed by atoms with Gasteiger partial charge in [0.05, 0.1) is 18.8 Å². The Kier molecular flexibility index (Phi) is 4.07. The van der Waals surface area contributed by atoms with Crippen molar-refractivity contribution >= 4 is 16.0 Å². The maximum atomic E-state index is 13.8. The first kappa shape index (κ1) is 14.9. The number of carbonyl (C=O) groups is 1. The Morgan fingerprint density at radius 2 is 2.20 bits per heavy atom. The molecule has 1 aromatic carbocycles. The van der Waals surface area contributed by atoms with Crippen molar-refractivity contribution in [2.45, 2.75) is 17.9 Å². The second-order valence-electron chi connectivity index (χ2n) is 4.49. The first-order chi connectivity index (χ1) is 9.34. The van der Waals surface area contributed by atoms with Gasteiger partial charge >= 0.3 is 5.97 Å². The molecule has 0 spiro atoms. The second-order valence-corrected chi connectivity index (χ2v) is 6.35. The van der Waals surface area contributed by atoms with Gasteiger partial charge < -0.3 is 9.84 Å². The van der Waals surface area contributed by atoms with E-state index >= 15 is 0 Å². The van der Waals surface area contributed by atoms with Gasteiger partial charge in [-0.2, -0.15) is 4.31 Å². The van der Waals surface area contributed by atoms with Crippen LogP contribution >= 0.6 is 0 Å². The number of sulfonamides is 1. The molecule has 1 saturated heterocycles. The van der Waals surface area contributed by atoms with Gasteiger partial charge in [0.2, 0.25) is 10.0 Å². The van der Waals surface area contributed by atoms with Crippen molar-refractivity contribution in [3.05, 3.63) is 29.6 Å². The molecule has 0 radical (unpaired) electrons. The summed E-state index contributed by atoms with van der Waals surface area (Å²) < 4.78 is 44.9. The third-order valence-corrected chi connectivity index (χ3v) is 5.10. The fourth-order valence-electron chi connectivity index (χ4n) is 2.03. The number of benzene rings is 1. The third kappa shape index (κ3) is 2.67. The van der Waals surface area contributed by atoms with E-state index in [9.17, 15) is 17.6 Å². The van der Waals surface area contributed by atoms with Crippen molar-refractivity contribution in [2.24, 2.45) is 0 Å². The molecule has 1 fully saturated rings. The quantitative estimate of drug-likeness (QED) is 0.898. The number of morpholine rings is 1. The van der Waals surface area contributed by atoms with Gasteiger partial charge in [-0.25, -0.2) is 17.6 Å². The fourth-order valence-corrected chi connectivity index (χ4v) is 3.72. The van der Waals surface area contributed by atoms with Crippen LogP contribution in [0.25, 0.3) is 0 Å². The van der Waals surface area contributed by atoms with Crippen molar-refractivity contribution in [3.63, 3.8) is 0 Å². The highest BCUT2D eigenvalue weighted by Gasteiger charge is 2.33. The molecule has 0 aromatic heterocycles. The molecule has 1 aromatic rings. The highest BCUT2D eigenvalue weighted by molar-refractivity contribution is 7.89. The maximum Gasteiger partial charge on any atom is 0.335 e. The van der Waals surface area contributed by atoms with Crippen LogP contribution in [0.3, 0.4) is 0 Å². The Balaban J connectivity index is 2.48. The lowest BCUT2D eigenvalue weighted by molar-refractivity contribution is 0.0392. The molecule has 110 valence electrons. The van der Waals surface area contributed by atoms with Gasteiger partial charge in [0.25, 0.3) is 0 Å². The molecule has 1 aliphatic rings. The lowest BCUT2D eigenvalue weighted by atomic mass is 10.2. The Morgan fingerprint density at radius 1 is 1.50 bits per heavy atom. The van der Waals surface area contributed by atoms with Gasteiger partial charge in [0.15, 0.2) is 0 Å². The predicted octanol–water partition coefficient (Wildman–Crippen LogP) is 0.933. The summed E-state index contributed by atoms with van der Waals surface area (Å²) in [6.07, 6.45) is 0. The zero-order chi connectivity index (χ0) is 14.9. The number of carboxylic acids is 1. The van der Waals surface area contributed by atoms with Crippen LogP contribution in [0.2, 0.25) is 0 Å². The molecule has 2 rings (SSSR count). The van der Waals surface area contributed by atoms with Crippen molar-refractivity contribution in [2.75, 3.05) is 19.8 Å². The van der Waals surface area contributed by atoms with Crippen molar-refractivity contribution in [3.8, 4) is 0 Å². The lowest BCUT2D eigenvalue weighted by Crippen LogP contribution is -2.47. The number of rotatable bonds is 3. The highest BCUT2D eigenvalue weighted by atomic mass is 32.2. The van der Waals surface area contributed by atoms with Crippen LogP contribution in [-0.4, -0.2) is 49.6 Å². The third-order valence-electron chi connectivity index (χ3n) is 3.07. The van der Waals surface area contributed by atoms with E-state index in [1.54, 1.807) is 6.92 Å². The van der Waals surface area contributed by atoms with Crippen molar-refractivity contribution in [1.82, 2.24) is 4.31 Å². The Bertz CT molecular complexity index is 631. The van der Waals surface area contributed by atoms with Crippen LogP contribution in [0.15, 0.2) is 23.1 Å². The molecule has 0 saturated carbocycles. The molecular formula is C12H14FNO5S. The number of hydrogen-bond donors (Lipinski definition) is 1. The number of nitrogens with zero attached hydrogens (tertiary/aromatic N) is 1. The molecule has 1 heterocycles. The second kappa shape index (κ2) is 5.47. The van der Waals surface area contributed by atoms with E-state index in [0.29, 0.717) is 0 Å². The summed E-state index contributed by atoms with van der Waals surface area (Å²) in [5, 5.41) is 8.88. The Hall–Kier alpha value is -1.51. The molecule has 0 aliphatic carbocycles. The Labute approximate surface area is 115 Å². The summed E-state index contributed by atoms with van der Waals surface area (Å²) in [6, 6.07) is 2.29. The zero-order valence-corrected chi connectivity index (χ0v) is 11.6. The van der Waals surface area contributed by atoms with E-state index in [1.165, 1.54) is 0 Å². The summed E-state index contributed by atoms with van der Waals surface area (Å²) in [5.74, 6) is -2.27. The van der Waals surface area contributed by atoms with E-state index in [2.05, 4.69) is 0 Å². The molecule has 20 heavy (non-hydrogen) atoms. The van der Waals surface area contributed by atoms with Crippen LogP contribution in [0.1, 0.15) is 17.3 Å². The normalized spacial score (nSPS) is 20.8. The van der Waals surface area contributed by atoms with Crippen molar-refractivity contribution < 1.29 is 27.4 Å². The number of carboxylic acid groups (broad SMARTS) is 1. The zero-order valence-electron chi connectivity index (χ0n) is 10.7. The summed E-state index contributed by atoms with van der Waals surface area (Å²) in [4.78, 5) is 10.3. The summed E-state index contributed by atoms with van der Waals surface area (Å²) in [6.45, 7) is 2.21. The molecule has 1 atom stereocenters. The van der Waals surface area contributed by atoms with Crippen LogP contribution in [0.4, 0.5) is 4.39 Å². The number of ether oxygens (including phenoxy) is 1. The first-order valence-corrected chi connectivity index (χ1v) is 7.40. The standard InChI is InChI=1S/C12H14FNO5S/c1-8-7-19-5-4-14(8)20(17,18)11-6-9(12(15)16)2-3-10(11)13/h2-3,6,8H,4-5,7H2,1H3,(H,15,16)/t8-/m1/s1. The predicted molar refractivity (Wildman–Crippen MR) is 67.5 cm³/mol. The molecule has 1 N–H and O–H groups in total. The first-order valence-electron chi connectivity index (χ1n) is 5.96. The van der Waals surface area contributed by atoms with Gasteiger partial charge in [0, 0.05) is 12.6 Å². The molecule has 0 bridgehead atoms.